The first-order valence-corrected chi connectivity index (χ1v) is 6.35. The number of hydrogen-bond acceptors (Lipinski definition) is 6. The van der Waals surface area contributed by atoms with Crippen molar-refractivity contribution in [2.75, 3.05) is 13.2 Å². The molecule has 0 spiro atoms. The van der Waals surface area contributed by atoms with Gasteiger partial charge in [0.25, 0.3) is 0 Å². The van der Waals surface area contributed by atoms with Crippen molar-refractivity contribution in [1.82, 2.24) is 0 Å². The number of hydrogen-bond donors (Lipinski definition) is 0. The van der Waals surface area contributed by atoms with Crippen LogP contribution in [0.4, 0.5) is 17.6 Å². The Balaban J connectivity index is 4.76. The Kier molecular flexibility index (Phi) is 7.78. The first-order valence-electron chi connectivity index (χ1n) is 5.59. The second-order valence-corrected chi connectivity index (χ2v) is 4.95. The molecule has 0 amide bonds. The van der Waals surface area contributed by atoms with Gasteiger partial charge in [-0.3, -0.25) is 0 Å². The lowest BCUT2D eigenvalue weighted by Crippen LogP contribution is -2.35. The molecule has 0 aromatic rings. The van der Waals surface area contributed by atoms with Crippen LogP contribution in [-0.4, -0.2) is 48.0 Å². The Bertz CT molecular complexity index is 456. The van der Waals surface area contributed by atoms with E-state index in [0.717, 1.165) is 0 Å². The SMILES string of the molecule is C=C(C)C(=O)OC(COC(=O)C(F)(F)Cl)COC(=O)C(F)(F)Cl. The van der Waals surface area contributed by atoms with Gasteiger partial charge in [-0.15, -0.1) is 0 Å². The van der Waals surface area contributed by atoms with Gasteiger partial charge in [0.15, 0.2) is 6.10 Å². The van der Waals surface area contributed by atoms with Crippen molar-refractivity contribution in [1.29, 1.82) is 0 Å². The van der Waals surface area contributed by atoms with Crippen molar-refractivity contribution in [3.05, 3.63) is 12.2 Å². The Morgan fingerprint density at radius 3 is 1.61 bits per heavy atom. The molecule has 0 aliphatic rings. The summed E-state index contributed by atoms with van der Waals surface area (Å²) in [6.07, 6.45) is -1.66. The molecular formula is C11H10Cl2F4O6. The van der Waals surface area contributed by atoms with E-state index in [1.54, 1.807) is 0 Å². The average molecular weight is 385 g/mol. The molecule has 0 aliphatic heterocycles. The molecule has 0 aliphatic carbocycles. The van der Waals surface area contributed by atoms with E-state index in [9.17, 15) is 31.9 Å². The normalized spacial score (nSPS) is 11.8. The van der Waals surface area contributed by atoms with E-state index < -0.39 is 48.0 Å². The van der Waals surface area contributed by atoms with Crippen molar-refractivity contribution < 1.29 is 46.2 Å². The van der Waals surface area contributed by atoms with Gasteiger partial charge in [0.05, 0.1) is 0 Å². The molecule has 0 heterocycles. The smallest absolute Gasteiger partial charge is 0.417 e. The third-order valence-corrected chi connectivity index (χ3v) is 2.19. The monoisotopic (exact) mass is 384 g/mol. The topological polar surface area (TPSA) is 78.9 Å². The number of ether oxygens (including phenoxy) is 3. The highest BCUT2D eigenvalue weighted by Crippen LogP contribution is 2.22. The third kappa shape index (κ3) is 8.60. The van der Waals surface area contributed by atoms with Crippen LogP contribution in [0.3, 0.4) is 0 Å². The van der Waals surface area contributed by atoms with Crippen molar-refractivity contribution in [2.45, 2.75) is 23.8 Å². The van der Waals surface area contributed by atoms with E-state index in [2.05, 4.69) is 44.0 Å². The highest BCUT2D eigenvalue weighted by Gasteiger charge is 2.40. The molecule has 23 heavy (non-hydrogen) atoms. The summed E-state index contributed by atoms with van der Waals surface area (Å²) in [5, 5.41) is -8.69. The number of carbonyl (C=O) groups excluding carboxylic acids is 3. The summed E-state index contributed by atoms with van der Waals surface area (Å²) in [7, 11) is 0. The highest BCUT2D eigenvalue weighted by atomic mass is 35.5. The molecule has 0 bridgehead atoms. The summed E-state index contributed by atoms with van der Waals surface area (Å²) in [4.78, 5) is 32.8. The molecular weight excluding hydrogens is 375 g/mol. The van der Waals surface area contributed by atoms with E-state index >= 15 is 0 Å². The van der Waals surface area contributed by atoms with Crippen LogP contribution in [0.1, 0.15) is 6.92 Å². The van der Waals surface area contributed by atoms with E-state index in [-0.39, 0.29) is 5.57 Å². The van der Waals surface area contributed by atoms with Gasteiger partial charge in [-0.25, -0.2) is 14.4 Å². The molecule has 0 fully saturated rings. The van der Waals surface area contributed by atoms with Crippen molar-refractivity contribution >= 4 is 41.1 Å². The van der Waals surface area contributed by atoms with Gasteiger partial charge < -0.3 is 14.2 Å². The maximum absolute atomic E-state index is 12.4. The van der Waals surface area contributed by atoms with Crippen LogP contribution < -0.4 is 0 Å². The quantitative estimate of drug-likeness (QED) is 0.210. The van der Waals surface area contributed by atoms with Crippen molar-refractivity contribution in [3.63, 3.8) is 0 Å². The third-order valence-electron chi connectivity index (χ3n) is 1.89. The first kappa shape index (κ1) is 21.4. The Morgan fingerprint density at radius 1 is 1.00 bits per heavy atom. The summed E-state index contributed by atoms with van der Waals surface area (Å²) in [6.45, 7) is 2.34. The Hall–Kier alpha value is -1.55. The number of halogens is 6. The van der Waals surface area contributed by atoms with E-state index in [0.29, 0.717) is 0 Å². The van der Waals surface area contributed by atoms with E-state index in [1.165, 1.54) is 6.92 Å². The standard InChI is InChI=1S/C11H10Cl2F4O6/c1-5(2)7(18)23-6(3-21-8(19)10(12,14)15)4-22-9(20)11(13,16)17/h6H,1,3-4H2,2H3. The van der Waals surface area contributed by atoms with Gasteiger partial charge in [0.1, 0.15) is 13.2 Å². The van der Waals surface area contributed by atoms with Crippen LogP contribution in [0.15, 0.2) is 12.2 Å². The zero-order chi connectivity index (χ0) is 18.4. The van der Waals surface area contributed by atoms with Crippen LogP contribution in [0.2, 0.25) is 0 Å². The lowest BCUT2D eigenvalue weighted by molar-refractivity contribution is -0.176. The predicted octanol–water partition coefficient (Wildman–Crippen LogP) is 2.22. The van der Waals surface area contributed by atoms with Crippen molar-refractivity contribution in [3.8, 4) is 0 Å². The molecule has 0 aromatic heterocycles. The Morgan fingerprint density at radius 2 is 1.35 bits per heavy atom. The molecule has 6 nitrogen and oxygen atoms in total. The predicted molar refractivity (Wildman–Crippen MR) is 68.2 cm³/mol. The van der Waals surface area contributed by atoms with Gasteiger partial charge in [-0.05, 0) is 30.1 Å². The fourth-order valence-corrected chi connectivity index (χ4v) is 0.978. The summed E-state index contributed by atoms with van der Waals surface area (Å²) >= 11 is 8.76. The molecule has 0 atom stereocenters. The van der Waals surface area contributed by atoms with Gasteiger partial charge in [-0.2, -0.15) is 17.6 Å². The molecule has 0 radical (unpaired) electrons. The second kappa shape index (κ2) is 8.34. The molecule has 0 saturated heterocycles. The maximum Gasteiger partial charge on any atom is 0.417 e. The number of esters is 3. The van der Waals surface area contributed by atoms with E-state index in [1.807, 2.05) is 0 Å². The zero-order valence-electron chi connectivity index (χ0n) is 11.4. The van der Waals surface area contributed by atoms with Crippen LogP contribution in [0, 0.1) is 0 Å². The van der Waals surface area contributed by atoms with E-state index in [4.69, 9.17) is 0 Å². The minimum atomic E-state index is -4.34. The molecule has 0 aromatic carbocycles. The summed E-state index contributed by atoms with van der Waals surface area (Å²) in [6, 6.07) is 0. The number of rotatable bonds is 8. The van der Waals surface area contributed by atoms with Gasteiger partial charge >= 0.3 is 28.7 Å². The lowest BCUT2D eigenvalue weighted by Gasteiger charge is -2.19. The molecule has 0 N–H and O–H groups in total. The van der Waals surface area contributed by atoms with Crippen LogP contribution in [0.5, 0.6) is 0 Å². The fraction of sp³-hybridized carbons (Fsp3) is 0.545. The molecule has 0 saturated carbocycles. The highest BCUT2D eigenvalue weighted by molar-refractivity contribution is 6.31. The van der Waals surface area contributed by atoms with Gasteiger partial charge in [0.2, 0.25) is 0 Å². The van der Waals surface area contributed by atoms with Crippen LogP contribution >= 0.6 is 23.2 Å². The van der Waals surface area contributed by atoms with Crippen molar-refractivity contribution in [2.24, 2.45) is 0 Å². The first-order chi connectivity index (χ1) is 10.2. The Labute approximate surface area is 137 Å². The zero-order valence-corrected chi connectivity index (χ0v) is 12.9. The largest absolute Gasteiger partial charge is 0.456 e. The summed E-state index contributed by atoms with van der Waals surface area (Å²) < 4.78 is 62.2. The number of alkyl halides is 6. The van der Waals surface area contributed by atoms with Gasteiger partial charge in [0, 0.05) is 5.57 Å². The molecule has 132 valence electrons. The molecule has 0 rings (SSSR count). The summed E-state index contributed by atoms with van der Waals surface area (Å²) in [5.41, 5.74) is -0.141. The second-order valence-electron chi connectivity index (χ2n) is 4.00. The minimum absolute atomic E-state index is 0.141. The fourth-order valence-electron chi connectivity index (χ4n) is 0.869. The summed E-state index contributed by atoms with van der Waals surface area (Å²) in [5.74, 6) is -5.42. The van der Waals surface area contributed by atoms with Gasteiger partial charge in [-0.1, -0.05) is 6.58 Å². The lowest BCUT2D eigenvalue weighted by atomic mass is 10.3. The maximum atomic E-state index is 12.4. The van der Waals surface area contributed by atoms with Crippen LogP contribution in [-0.2, 0) is 28.6 Å². The minimum Gasteiger partial charge on any atom is -0.456 e. The average Bonchev–Trinajstić information content (AvgIpc) is 2.38. The van der Waals surface area contributed by atoms with Crippen LogP contribution in [0.25, 0.3) is 0 Å². The number of carbonyl (C=O) groups is 3. The molecule has 0 unspecified atom stereocenters. The molecule has 12 heteroatoms.